The van der Waals surface area contributed by atoms with E-state index < -0.39 is 0 Å². The van der Waals surface area contributed by atoms with Gasteiger partial charge < -0.3 is 15.4 Å². The Bertz CT molecular complexity index is 989. The van der Waals surface area contributed by atoms with Gasteiger partial charge in [-0.05, 0) is 38.0 Å². The van der Waals surface area contributed by atoms with Gasteiger partial charge in [-0.25, -0.2) is 9.97 Å². The summed E-state index contributed by atoms with van der Waals surface area (Å²) >= 11 is 0. The van der Waals surface area contributed by atoms with E-state index in [1.54, 1.807) is 13.2 Å². The number of amides is 1. The number of nitrogens with one attached hydrogen (secondary N) is 2. The molecule has 1 atom stereocenters. The fraction of sp³-hybridized carbons (Fsp3) is 0.261. The Hall–Kier alpha value is -3.41. The van der Waals surface area contributed by atoms with Gasteiger partial charge in [0.25, 0.3) is 5.91 Å². The van der Waals surface area contributed by atoms with Gasteiger partial charge in [-0.3, -0.25) is 4.79 Å². The topological polar surface area (TPSA) is 76.1 Å². The molecule has 0 bridgehead atoms. The summed E-state index contributed by atoms with van der Waals surface area (Å²) in [6.45, 7) is 6.12. The SMILES string of the molecule is CCC(C)Nc1cc(C(=O)Nc2cc(C)ccc2OC)nc(-c2ccccc2)n1. The molecular formula is C23H26N4O2. The number of hydrogen-bond acceptors (Lipinski definition) is 5. The molecule has 2 aromatic carbocycles. The molecule has 6 nitrogen and oxygen atoms in total. The molecule has 1 heterocycles. The van der Waals surface area contributed by atoms with E-state index in [9.17, 15) is 4.79 Å². The highest BCUT2D eigenvalue weighted by molar-refractivity contribution is 6.04. The second-order valence-corrected chi connectivity index (χ2v) is 6.94. The molecule has 0 spiro atoms. The van der Waals surface area contributed by atoms with Crippen LogP contribution in [0.1, 0.15) is 36.3 Å². The predicted octanol–water partition coefficient (Wildman–Crippen LogP) is 4.92. The quantitative estimate of drug-likeness (QED) is 0.599. The number of carbonyl (C=O) groups is 1. The van der Waals surface area contributed by atoms with Crippen LogP contribution >= 0.6 is 0 Å². The van der Waals surface area contributed by atoms with Crippen molar-refractivity contribution in [2.75, 3.05) is 17.7 Å². The summed E-state index contributed by atoms with van der Waals surface area (Å²) in [7, 11) is 1.58. The van der Waals surface area contributed by atoms with Gasteiger partial charge in [0.1, 0.15) is 17.3 Å². The van der Waals surface area contributed by atoms with Crippen LogP contribution in [0.5, 0.6) is 5.75 Å². The van der Waals surface area contributed by atoms with Crippen LogP contribution in [0.15, 0.2) is 54.6 Å². The van der Waals surface area contributed by atoms with Crippen LogP contribution in [0.2, 0.25) is 0 Å². The molecule has 1 amide bonds. The van der Waals surface area contributed by atoms with Gasteiger partial charge in [0, 0.05) is 17.7 Å². The van der Waals surface area contributed by atoms with Gasteiger partial charge in [0.05, 0.1) is 12.8 Å². The van der Waals surface area contributed by atoms with Crippen LogP contribution in [0.3, 0.4) is 0 Å². The highest BCUT2D eigenvalue weighted by Gasteiger charge is 2.16. The Labute approximate surface area is 171 Å². The molecule has 3 aromatic rings. The number of anilines is 2. The molecule has 0 aliphatic carbocycles. The van der Waals surface area contributed by atoms with Gasteiger partial charge in [-0.15, -0.1) is 0 Å². The van der Waals surface area contributed by atoms with Crippen molar-refractivity contribution in [3.8, 4) is 17.1 Å². The van der Waals surface area contributed by atoms with Crippen molar-refractivity contribution in [2.24, 2.45) is 0 Å². The molecule has 3 rings (SSSR count). The third kappa shape index (κ3) is 5.10. The maximum atomic E-state index is 13.0. The lowest BCUT2D eigenvalue weighted by molar-refractivity contribution is 0.102. The van der Waals surface area contributed by atoms with Crippen LogP contribution in [-0.4, -0.2) is 29.0 Å². The maximum Gasteiger partial charge on any atom is 0.274 e. The summed E-state index contributed by atoms with van der Waals surface area (Å²) in [5, 5.41) is 6.25. The third-order valence-corrected chi connectivity index (χ3v) is 4.60. The Kier molecular flexibility index (Phi) is 6.44. The van der Waals surface area contributed by atoms with Crippen molar-refractivity contribution >= 4 is 17.4 Å². The summed E-state index contributed by atoms with van der Waals surface area (Å²) in [6.07, 6.45) is 0.937. The van der Waals surface area contributed by atoms with Gasteiger partial charge in [0.15, 0.2) is 5.82 Å². The molecule has 6 heteroatoms. The summed E-state index contributed by atoms with van der Waals surface area (Å²) in [6, 6.07) is 17.2. The van der Waals surface area contributed by atoms with E-state index in [1.165, 1.54) is 0 Å². The lowest BCUT2D eigenvalue weighted by Gasteiger charge is -2.15. The van der Waals surface area contributed by atoms with Crippen molar-refractivity contribution in [1.29, 1.82) is 0 Å². The van der Waals surface area contributed by atoms with Crippen molar-refractivity contribution in [1.82, 2.24) is 9.97 Å². The number of rotatable bonds is 7. The van der Waals surface area contributed by atoms with Crippen LogP contribution in [0.25, 0.3) is 11.4 Å². The standard InChI is InChI=1S/C23H26N4O2/c1-5-16(3)24-21-14-19(25-22(27-21)17-9-7-6-8-10-17)23(28)26-18-13-15(2)11-12-20(18)29-4/h6-14,16H,5H2,1-4H3,(H,26,28)(H,24,25,27). The van der Waals surface area contributed by atoms with E-state index in [-0.39, 0.29) is 17.6 Å². The van der Waals surface area contributed by atoms with Gasteiger partial charge in [-0.2, -0.15) is 0 Å². The molecule has 0 saturated carbocycles. The number of ether oxygens (including phenoxy) is 1. The van der Waals surface area contributed by atoms with E-state index in [1.807, 2.05) is 55.5 Å². The third-order valence-electron chi connectivity index (χ3n) is 4.60. The lowest BCUT2D eigenvalue weighted by atomic mass is 10.2. The number of nitrogens with zero attached hydrogens (tertiary/aromatic N) is 2. The molecule has 29 heavy (non-hydrogen) atoms. The number of aryl methyl sites for hydroxylation is 1. The predicted molar refractivity (Wildman–Crippen MR) is 117 cm³/mol. The first-order valence-corrected chi connectivity index (χ1v) is 9.67. The highest BCUT2D eigenvalue weighted by Crippen LogP contribution is 2.26. The second kappa shape index (κ2) is 9.19. The van der Waals surface area contributed by atoms with Crippen LogP contribution in [-0.2, 0) is 0 Å². The minimum atomic E-state index is -0.319. The van der Waals surface area contributed by atoms with E-state index in [2.05, 4.69) is 34.4 Å². The maximum absolute atomic E-state index is 13.0. The first-order chi connectivity index (χ1) is 14.0. The molecule has 0 radical (unpaired) electrons. The highest BCUT2D eigenvalue weighted by atomic mass is 16.5. The fourth-order valence-electron chi connectivity index (χ4n) is 2.81. The smallest absolute Gasteiger partial charge is 0.274 e. The zero-order chi connectivity index (χ0) is 20.8. The van der Waals surface area contributed by atoms with E-state index in [0.29, 0.717) is 23.1 Å². The molecule has 0 aliphatic rings. The summed E-state index contributed by atoms with van der Waals surface area (Å²) in [5.74, 6) is 1.40. The van der Waals surface area contributed by atoms with Gasteiger partial charge in [0.2, 0.25) is 0 Å². The van der Waals surface area contributed by atoms with Crippen LogP contribution < -0.4 is 15.4 Å². The van der Waals surface area contributed by atoms with Crippen molar-refractivity contribution in [2.45, 2.75) is 33.2 Å². The normalized spacial score (nSPS) is 11.6. The molecule has 150 valence electrons. The monoisotopic (exact) mass is 390 g/mol. The van der Waals surface area contributed by atoms with E-state index >= 15 is 0 Å². The van der Waals surface area contributed by atoms with E-state index in [4.69, 9.17) is 4.74 Å². The Morgan fingerprint density at radius 2 is 1.86 bits per heavy atom. The molecule has 0 fully saturated rings. The van der Waals surface area contributed by atoms with Crippen molar-refractivity contribution < 1.29 is 9.53 Å². The number of hydrogen-bond donors (Lipinski definition) is 2. The molecule has 0 aliphatic heterocycles. The zero-order valence-electron chi connectivity index (χ0n) is 17.2. The van der Waals surface area contributed by atoms with Gasteiger partial charge >= 0.3 is 0 Å². The number of benzene rings is 2. The minimum absolute atomic E-state index is 0.223. The lowest BCUT2D eigenvalue weighted by Crippen LogP contribution is -2.19. The van der Waals surface area contributed by atoms with Gasteiger partial charge in [-0.1, -0.05) is 43.3 Å². The molecule has 1 aromatic heterocycles. The molecule has 2 N–H and O–H groups in total. The summed E-state index contributed by atoms with van der Waals surface area (Å²) < 4.78 is 5.36. The van der Waals surface area contributed by atoms with Crippen LogP contribution in [0.4, 0.5) is 11.5 Å². The first kappa shape index (κ1) is 20.3. The molecule has 1 unspecified atom stereocenters. The Morgan fingerprint density at radius 1 is 1.10 bits per heavy atom. The first-order valence-electron chi connectivity index (χ1n) is 9.67. The summed E-state index contributed by atoms with van der Waals surface area (Å²) in [5.41, 5.74) is 2.76. The number of carbonyl (C=O) groups excluding carboxylic acids is 1. The Morgan fingerprint density at radius 3 is 2.55 bits per heavy atom. The van der Waals surface area contributed by atoms with E-state index in [0.717, 1.165) is 17.5 Å². The average Bonchev–Trinajstić information content (AvgIpc) is 2.74. The molecular weight excluding hydrogens is 364 g/mol. The Balaban J connectivity index is 1.97. The second-order valence-electron chi connectivity index (χ2n) is 6.94. The zero-order valence-corrected chi connectivity index (χ0v) is 17.2. The van der Waals surface area contributed by atoms with Crippen molar-refractivity contribution in [3.63, 3.8) is 0 Å². The number of methoxy groups -OCH3 is 1. The summed E-state index contributed by atoms with van der Waals surface area (Å²) in [4.78, 5) is 22.1. The molecule has 0 saturated heterocycles. The number of aromatic nitrogens is 2. The minimum Gasteiger partial charge on any atom is -0.495 e. The average molecular weight is 390 g/mol. The largest absolute Gasteiger partial charge is 0.495 e. The fourth-order valence-corrected chi connectivity index (χ4v) is 2.81. The van der Waals surface area contributed by atoms with Crippen molar-refractivity contribution in [3.05, 3.63) is 65.9 Å². The van der Waals surface area contributed by atoms with Crippen LogP contribution in [0, 0.1) is 6.92 Å².